The molecule has 1 atom stereocenters. The van der Waals surface area contributed by atoms with Gasteiger partial charge in [-0.2, -0.15) is 0 Å². The number of fused-ring (bicyclic) bond motifs is 1. The van der Waals surface area contributed by atoms with Crippen molar-refractivity contribution in [3.05, 3.63) is 54.3 Å². The molecular weight excluding hydrogens is 230 g/mol. The summed E-state index contributed by atoms with van der Waals surface area (Å²) in [7, 11) is 0. The lowest BCUT2D eigenvalue weighted by Gasteiger charge is -2.11. The van der Waals surface area contributed by atoms with Gasteiger partial charge < -0.3 is 4.57 Å². The van der Waals surface area contributed by atoms with Crippen LogP contribution in [0.15, 0.2) is 48.7 Å². The minimum absolute atomic E-state index is 0.491. The number of hydrogen-bond acceptors (Lipinski definition) is 0. The van der Waals surface area contributed by atoms with Crippen molar-refractivity contribution in [2.24, 2.45) is 5.92 Å². The molecular formula is C18H21N. The second-order valence-electron chi connectivity index (χ2n) is 5.79. The van der Waals surface area contributed by atoms with Crippen molar-refractivity contribution in [3.8, 4) is 0 Å². The molecule has 0 amide bonds. The Balaban J connectivity index is 2.17. The van der Waals surface area contributed by atoms with Crippen molar-refractivity contribution in [2.45, 2.75) is 33.2 Å². The summed E-state index contributed by atoms with van der Waals surface area (Å²) in [6.45, 7) is 6.74. The molecule has 1 heteroatoms. The Bertz CT molecular complexity index is 655. The summed E-state index contributed by atoms with van der Waals surface area (Å²) in [5, 5.41) is 1.36. The zero-order valence-electron chi connectivity index (χ0n) is 11.9. The van der Waals surface area contributed by atoms with Gasteiger partial charge in [-0.05, 0) is 37.8 Å². The summed E-state index contributed by atoms with van der Waals surface area (Å²) in [6, 6.07) is 9.20. The molecule has 2 aromatic rings. The third kappa shape index (κ3) is 2.14. The topological polar surface area (TPSA) is 4.93 Å². The van der Waals surface area contributed by atoms with E-state index in [4.69, 9.17) is 0 Å². The first-order valence-electron chi connectivity index (χ1n) is 7.15. The van der Waals surface area contributed by atoms with Gasteiger partial charge in [-0.1, -0.05) is 43.4 Å². The number of allylic oxidation sites excluding steroid dienone is 4. The fraction of sp³-hybridized carbons (Fsp3) is 0.333. The molecule has 3 rings (SSSR count). The van der Waals surface area contributed by atoms with Gasteiger partial charge in [-0.25, -0.2) is 0 Å². The minimum atomic E-state index is 0.491. The normalized spacial score (nSPS) is 19.2. The molecule has 0 saturated heterocycles. The molecule has 1 aromatic carbocycles. The Hall–Kier alpha value is -1.76. The van der Waals surface area contributed by atoms with Crippen molar-refractivity contribution in [3.63, 3.8) is 0 Å². The van der Waals surface area contributed by atoms with E-state index in [0.29, 0.717) is 12.0 Å². The maximum Gasteiger partial charge on any atom is 0.0489 e. The molecule has 1 unspecified atom stereocenters. The summed E-state index contributed by atoms with van der Waals surface area (Å²) in [6.07, 6.45) is 10.4. The summed E-state index contributed by atoms with van der Waals surface area (Å²) < 4.78 is 2.37. The van der Waals surface area contributed by atoms with Gasteiger partial charge in [0, 0.05) is 28.7 Å². The Labute approximate surface area is 115 Å². The molecule has 1 heterocycles. The van der Waals surface area contributed by atoms with Gasteiger partial charge in [0.1, 0.15) is 0 Å². The zero-order valence-corrected chi connectivity index (χ0v) is 11.9. The number of nitrogens with zero attached hydrogens (tertiary/aromatic N) is 1. The van der Waals surface area contributed by atoms with Gasteiger partial charge in [0.2, 0.25) is 0 Å². The lowest BCUT2D eigenvalue weighted by atomic mass is 9.94. The fourth-order valence-electron chi connectivity index (χ4n) is 2.79. The van der Waals surface area contributed by atoms with Gasteiger partial charge >= 0.3 is 0 Å². The molecule has 0 spiro atoms. The standard InChI is InChI=1S/C18H21N/c1-13(2)19-12-17(15-10-8-14(3)9-11-15)16-6-4-5-7-18(16)19/h4-8,10-14H,9H2,1-3H3. The molecule has 0 N–H and O–H groups in total. The average Bonchev–Trinajstić information content (AvgIpc) is 2.79. The second-order valence-corrected chi connectivity index (χ2v) is 5.79. The van der Waals surface area contributed by atoms with E-state index in [1.165, 1.54) is 22.0 Å². The third-order valence-electron chi connectivity index (χ3n) is 3.92. The van der Waals surface area contributed by atoms with Crippen molar-refractivity contribution < 1.29 is 0 Å². The Kier molecular flexibility index (Phi) is 3.06. The highest BCUT2D eigenvalue weighted by atomic mass is 15.0. The summed E-state index contributed by atoms with van der Waals surface area (Å²) >= 11 is 0. The second kappa shape index (κ2) is 4.73. The van der Waals surface area contributed by atoms with Crippen LogP contribution >= 0.6 is 0 Å². The van der Waals surface area contributed by atoms with Crippen LogP contribution in [-0.4, -0.2) is 4.57 Å². The molecule has 19 heavy (non-hydrogen) atoms. The molecule has 98 valence electrons. The van der Waals surface area contributed by atoms with Gasteiger partial charge in [0.15, 0.2) is 0 Å². The molecule has 0 aliphatic heterocycles. The van der Waals surface area contributed by atoms with Crippen LogP contribution in [0.1, 0.15) is 38.8 Å². The lowest BCUT2D eigenvalue weighted by molar-refractivity contribution is 0.622. The monoisotopic (exact) mass is 251 g/mol. The van der Waals surface area contributed by atoms with E-state index in [1.54, 1.807) is 0 Å². The molecule has 1 aliphatic rings. The van der Waals surface area contributed by atoms with Crippen LogP contribution in [0.5, 0.6) is 0 Å². The van der Waals surface area contributed by atoms with Crippen LogP contribution in [0, 0.1) is 5.92 Å². The zero-order chi connectivity index (χ0) is 13.4. The predicted octanol–water partition coefficient (Wildman–Crippen LogP) is 5.20. The number of aromatic nitrogens is 1. The number of rotatable bonds is 2. The van der Waals surface area contributed by atoms with Crippen molar-refractivity contribution in [1.82, 2.24) is 4.57 Å². The lowest BCUT2D eigenvalue weighted by Crippen LogP contribution is -1.98. The van der Waals surface area contributed by atoms with Gasteiger partial charge in [0.25, 0.3) is 0 Å². The summed E-state index contributed by atoms with van der Waals surface area (Å²) in [5.41, 5.74) is 4.07. The van der Waals surface area contributed by atoms with E-state index in [1.807, 2.05) is 0 Å². The van der Waals surface area contributed by atoms with Crippen LogP contribution < -0.4 is 0 Å². The van der Waals surface area contributed by atoms with Crippen LogP contribution in [0.4, 0.5) is 0 Å². The molecule has 1 nitrogen and oxygen atoms in total. The summed E-state index contributed by atoms with van der Waals surface area (Å²) in [5.74, 6) is 0.669. The van der Waals surface area contributed by atoms with Gasteiger partial charge in [0.05, 0.1) is 0 Å². The molecule has 1 aliphatic carbocycles. The maximum absolute atomic E-state index is 2.37. The van der Waals surface area contributed by atoms with E-state index in [-0.39, 0.29) is 0 Å². The highest BCUT2D eigenvalue weighted by Crippen LogP contribution is 2.32. The number of benzene rings is 1. The average molecular weight is 251 g/mol. The molecule has 0 radical (unpaired) electrons. The molecule has 0 fully saturated rings. The van der Waals surface area contributed by atoms with Crippen molar-refractivity contribution >= 4 is 16.5 Å². The van der Waals surface area contributed by atoms with Crippen LogP contribution in [0.2, 0.25) is 0 Å². The number of hydrogen-bond donors (Lipinski definition) is 0. The predicted molar refractivity (Wildman–Crippen MR) is 83.2 cm³/mol. The minimum Gasteiger partial charge on any atom is -0.344 e. The third-order valence-corrected chi connectivity index (χ3v) is 3.92. The van der Waals surface area contributed by atoms with E-state index < -0.39 is 0 Å². The maximum atomic E-state index is 2.37. The van der Waals surface area contributed by atoms with E-state index in [2.05, 4.69) is 74.0 Å². The molecule has 0 saturated carbocycles. The highest BCUT2D eigenvalue weighted by molar-refractivity contribution is 5.95. The van der Waals surface area contributed by atoms with Gasteiger partial charge in [-0.3, -0.25) is 0 Å². The SMILES string of the molecule is CC1C=CC(c2cn(C(C)C)c3ccccc23)=CC1. The first-order valence-corrected chi connectivity index (χ1v) is 7.15. The Morgan fingerprint density at radius 2 is 2.00 bits per heavy atom. The largest absolute Gasteiger partial charge is 0.344 e. The number of para-hydroxylation sites is 1. The van der Waals surface area contributed by atoms with Crippen LogP contribution in [-0.2, 0) is 0 Å². The van der Waals surface area contributed by atoms with Gasteiger partial charge in [-0.15, -0.1) is 0 Å². The molecule has 0 bridgehead atoms. The Morgan fingerprint density at radius 3 is 2.68 bits per heavy atom. The van der Waals surface area contributed by atoms with E-state index in [0.717, 1.165) is 6.42 Å². The van der Waals surface area contributed by atoms with Crippen molar-refractivity contribution in [2.75, 3.05) is 0 Å². The first kappa shape index (κ1) is 12.3. The van der Waals surface area contributed by atoms with Crippen LogP contribution in [0.3, 0.4) is 0 Å². The van der Waals surface area contributed by atoms with Crippen molar-refractivity contribution in [1.29, 1.82) is 0 Å². The smallest absolute Gasteiger partial charge is 0.0489 e. The summed E-state index contributed by atoms with van der Waals surface area (Å²) in [4.78, 5) is 0. The highest BCUT2D eigenvalue weighted by Gasteiger charge is 2.13. The van der Waals surface area contributed by atoms with Crippen LogP contribution in [0.25, 0.3) is 16.5 Å². The quantitative estimate of drug-likeness (QED) is 0.691. The first-order chi connectivity index (χ1) is 9.16. The Morgan fingerprint density at radius 1 is 1.21 bits per heavy atom. The molecule has 1 aromatic heterocycles. The van der Waals surface area contributed by atoms with E-state index in [9.17, 15) is 0 Å². The van der Waals surface area contributed by atoms with E-state index >= 15 is 0 Å². The fourth-order valence-corrected chi connectivity index (χ4v) is 2.79.